The molecular formula is C14H16N2O5. The number of carboxylic acids is 1. The molecule has 2 amide bonds. The number of hydrogen-bond donors (Lipinski definition) is 3. The summed E-state index contributed by atoms with van der Waals surface area (Å²) in [6.07, 6.45) is 1.01. The Labute approximate surface area is 121 Å². The number of carboxylic acid groups (broad SMARTS) is 1. The van der Waals surface area contributed by atoms with Crippen LogP contribution in [0.2, 0.25) is 0 Å². The van der Waals surface area contributed by atoms with Crippen molar-refractivity contribution < 1.29 is 24.2 Å². The zero-order valence-electron chi connectivity index (χ0n) is 11.5. The van der Waals surface area contributed by atoms with Gasteiger partial charge in [-0.2, -0.15) is 0 Å². The first-order valence-corrected chi connectivity index (χ1v) is 6.61. The van der Waals surface area contributed by atoms with Crippen LogP contribution in [0.25, 0.3) is 0 Å². The van der Waals surface area contributed by atoms with E-state index in [1.807, 2.05) is 6.92 Å². The molecule has 112 valence electrons. The van der Waals surface area contributed by atoms with Crippen molar-refractivity contribution in [1.29, 1.82) is 0 Å². The molecule has 0 bridgehead atoms. The predicted octanol–water partition coefficient (Wildman–Crippen LogP) is 1.00. The summed E-state index contributed by atoms with van der Waals surface area (Å²) in [5, 5.41) is 14.1. The van der Waals surface area contributed by atoms with Gasteiger partial charge in [0.2, 0.25) is 0 Å². The predicted molar refractivity (Wildman–Crippen MR) is 74.4 cm³/mol. The van der Waals surface area contributed by atoms with E-state index in [0.29, 0.717) is 24.3 Å². The standard InChI is InChI=1S/C14H16N2O5/c1-2-3-10(14(19)20)16-13(18)8-4-5-9-11(6-8)21-7-12(17)15-9/h4-6,10H,2-3,7H2,1H3,(H,15,17)(H,16,18)(H,19,20)/t10-/m1/s1. The molecule has 1 heterocycles. The van der Waals surface area contributed by atoms with Crippen LogP contribution in [0.15, 0.2) is 18.2 Å². The van der Waals surface area contributed by atoms with Gasteiger partial charge in [0.1, 0.15) is 11.8 Å². The molecule has 1 aliphatic rings. The van der Waals surface area contributed by atoms with Gasteiger partial charge in [0.15, 0.2) is 6.61 Å². The zero-order chi connectivity index (χ0) is 15.4. The lowest BCUT2D eigenvalue weighted by atomic mass is 10.1. The van der Waals surface area contributed by atoms with Gasteiger partial charge in [-0.1, -0.05) is 13.3 Å². The molecule has 0 aliphatic carbocycles. The maximum atomic E-state index is 12.1. The van der Waals surface area contributed by atoms with Gasteiger partial charge >= 0.3 is 5.97 Å². The SMILES string of the molecule is CCC[C@@H](NC(=O)c1ccc2c(c1)OCC(=O)N2)C(=O)O. The second-order valence-corrected chi connectivity index (χ2v) is 4.70. The van der Waals surface area contributed by atoms with Crippen molar-refractivity contribution in [2.75, 3.05) is 11.9 Å². The van der Waals surface area contributed by atoms with Crippen LogP contribution >= 0.6 is 0 Å². The highest BCUT2D eigenvalue weighted by Gasteiger charge is 2.22. The third kappa shape index (κ3) is 3.50. The number of rotatable bonds is 5. The van der Waals surface area contributed by atoms with E-state index in [4.69, 9.17) is 9.84 Å². The molecule has 1 aromatic carbocycles. The van der Waals surface area contributed by atoms with Gasteiger partial charge in [-0.3, -0.25) is 9.59 Å². The van der Waals surface area contributed by atoms with Crippen LogP contribution in [0.5, 0.6) is 5.75 Å². The Hall–Kier alpha value is -2.57. The molecule has 1 aromatic rings. The maximum absolute atomic E-state index is 12.1. The topological polar surface area (TPSA) is 105 Å². The van der Waals surface area contributed by atoms with Crippen molar-refractivity contribution in [2.45, 2.75) is 25.8 Å². The number of amides is 2. The molecule has 21 heavy (non-hydrogen) atoms. The van der Waals surface area contributed by atoms with Crippen LogP contribution in [-0.2, 0) is 9.59 Å². The van der Waals surface area contributed by atoms with E-state index in [1.165, 1.54) is 12.1 Å². The number of nitrogens with one attached hydrogen (secondary N) is 2. The molecule has 2 rings (SSSR count). The molecule has 7 nitrogen and oxygen atoms in total. The Kier molecular flexibility index (Phi) is 4.42. The number of anilines is 1. The summed E-state index contributed by atoms with van der Waals surface area (Å²) in [5.41, 5.74) is 0.776. The lowest BCUT2D eigenvalue weighted by Gasteiger charge is -2.19. The number of carbonyl (C=O) groups excluding carboxylic acids is 2. The number of hydrogen-bond acceptors (Lipinski definition) is 4. The van der Waals surface area contributed by atoms with E-state index in [2.05, 4.69) is 10.6 Å². The van der Waals surface area contributed by atoms with E-state index < -0.39 is 17.9 Å². The molecule has 0 radical (unpaired) electrons. The Bertz CT molecular complexity index is 585. The number of benzene rings is 1. The fraction of sp³-hybridized carbons (Fsp3) is 0.357. The van der Waals surface area contributed by atoms with Gasteiger partial charge in [-0.25, -0.2) is 4.79 Å². The highest BCUT2D eigenvalue weighted by atomic mass is 16.5. The minimum absolute atomic E-state index is 0.105. The second kappa shape index (κ2) is 6.25. The Balaban J connectivity index is 2.13. The highest BCUT2D eigenvalue weighted by Crippen LogP contribution is 2.28. The summed E-state index contributed by atoms with van der Waals surface area (Å²) in [6, 6.07) is 3.62. The molecule has 1 aliphatic heterocycles. The van der Waals surface area contributed by atoms with Crippen LogP contribution in [0.4, 0.5) is 5.69 Å². The Morgan fingerprint density at radius 3 is 2.90 bits per heavy atom. The van der Waals surface area contributed by atoms with Crippen LogP contribution < -0.4 is 15.4 Å². The third-order valence-corrected chi connectivity index (χ3v) is 3.06. The minimum Gasteiger partial charge on any atom is -0.482 e. The lowest BCUT2D eigenvalue weighted by molar-refractivity contribution is -0.139. The fourth-order valence-electron chi connectivity index (χ4n) is 2.00. The first kappa shape index (κ1) is 14.8. The molecule has 0 unspecified atom stereocenters. The van der Waals surface area contributed by atoms with Crippen molar-refractivity contribution in [1.82, 2.24) is 5.32 Å². The third-order valence-electron chi connectivity index (χ3n) is 3.06. The summed E-state index contributed by atoms with van der Waals surface area (Å²) in [6.45, 7) is 1.74. The molecule has 0 saturated carbocycles. The molecule has 1 atom stereocenters. The van der Waals surface area contributed by atoms with E-state index in [0.717, 1.165) is 0 Å². The molecule has 0 fully saturated rings. The quantitative estimate of drug-likeness (QED) is 0.751. The van der Waals surface area contributed by atoms with Crippen molar-refractivity contribution in [3.8, 4) is 5.75 Å². The average Bonchev–Trinajstić information content (AvgIpc) is 2.45. The maximum Gasteiger partial charge on any atom is 0.326 e. The van der Waals surface area contributed by atoms with Crippen molar-refractivity contribution >= 4 is 23.5 Å². The second-order valence-electron chi connectivity index (χ2n) is 4.70. The lowest BCUT2D eigenvalue weighted by Crippen LogP contribution is -2.40. The van der Waals surface area contributed by atoms with E-state index in [9.17, 15) is 14.4 Å². The van der Waals surface area contributed by atoms with E-state index in [-0.39, 0.29) is 18.1 Å². The number of carbonyl (C=O) groups is 3. The minimum atomic E-state index is -1.06. The average molecular weight is 292 g/mol. The number of fused-ring (bicyclic) bond motifs is 1. The van der Waals surface area contributed by atoms with Gasteiger partial charge in [0.25, 0.3) is 11.8 Å². The highest BCUT2D eigenvalue weighted by molar-refractivity contribution is 6.00. The summed E-state index contributed by atoms with van der Waals surface area (Å²) >= 11 is 0. The smallest absolute Gasteiger partial charge is 0.326 e. The summed E-state index contributed by atoms with van der Waals surface area (Å²) in [5.74, 6) is -1.41. The van der Waals surface area contributed by atoms with Crippen LogP contribution in [-0.4, -0.2) is 35.5 Å². The van der Waals surface area contributed by atoms with Crippen molar-refractivity contribution in [2.24, 2.45) is 0 Å². The molecule has 0 aromatic heterocycles. The van der Waals surface area contributed by atoms with Gasteiger partial charge in [0, 0.05) is 5.56 Å². The first-order chi connectivity index (χ1) is 10.0. The summed E-state index contributed by atoms with van der Waals surface area (Å²) in [7, 11) is 0. The molecule has 3 N–H and O–H groups in total. The summed E-state index contributed by atoms with van der Waals surface area (Å²) in [4.78, 5) is 34.3. The molecular weight excluding hydrogens is 276 g/mol. The van der Waals surface area contributed by atoms with Gasteiger partial charge < -0.3 is 20.5 Å². The van der Waals surface area contributed by atoms with E-state index in [1.54, 1.807) is 6.07 Å². The fourth-order valence-corrected chi connectivity index (χ4v) is 2.00. The molecule has 0 spiro atoms. The Morgan fingerprint density at radius 2 is 2.24 bits per heavy atom. The number of aliphatic carboxylic acids is 1. The van der Waals surface area contributed by atoms with Crippen LogP contribution in [0.3, 0.4) is 0 Å². The van der Waals surface area contributed by atoms with Gasteiger partial charge in [-0.05, 0) is 24.6 Å². The first-order valence-electron chi connectivity index (χ1n) is 6.61. The van der Waals surface area contributed by atoms with Gasteiger partial charge in [0.05, 0.1) is 5.69 Å². The Morgan fingerprint density at radius 1 is 1.48 bits per heavy atom. The van der Waals surface area contributed by atoms with Crippen LogP contribution in [0.1, 0.15) is 30.1 Å². The van der Waals surface area contributed by atoms with Crippen LogP contribution in [0, 0.1) is 0 Å². The number of ether oxygens (including phenoxy) is 1. The molecule has 0 saturated heterocycles. The monoisotopic (exact) mass is 292 g/mol. The van der Waals surface area contributed by atoms with Crippen molar-refractivity contribution in [3.05, 3.63) is 23.8 Å². The largest absolute Gasteiger partial charge is 0.482 e. The zero-order valence-corrected chi connectivity index (χ0v) is 11.5. The normalized spacial score (nSPS) is 14.4. The van der Waals surface area contributed by atoms with Gasteiger partial charge in [-0.15, -0.1) is 0 Å². The summed E-state index contributed by atoms with van der Waals surface area (Å²) < 4.78 is 5.22. The van der Waals surface area contributed by atoms with E-state index >= 15 is 0 Å². The molecule has 7 heteroatoms. The van der Waals surface area contributed by atoms with Crippen molar-refractivity contribution in [3.63, 3.8) is 0 Å².